The minimum Gasteiger partial charge on any atom is -0.354 e. The molecule has 2 aliphatic rings. The number of nitrogens with zero attached hydrogens (tertiary/aromatic N) is 4. The van der Waals surface area contributed by atoms with E-state index in [1.54, 1.807) is 6.33 Å². The zero-order valence-corrected chi connectivity index (χ0v) is 12.1. The average molecular weight is 271 g/mol. The summed E-state index contributed by atoms with van der Waals surface area (Å²) in [5.41, 5.74) is 1.29. The van der Waals surface area contributed by atoms with Crippen LogP contribution < -0.4 is 4.90 Å². The summed E-state index contributed by atoms with van der Waals surface area (Å²) in [5, 5.41) is 1.14. The van der Waals surface area contributed by atoms with E-state index >= 15 is 0 Å². The fraction of sp³-hybridized carbons (Fsp3) is 0.600. The van der Waals surface area contributed by atoms with Gasteiger partial charge in [-0.1, -0.05) is 6.92 Å². The summed E-state index contributed by atoms with van der Waals surface area (Å²) in [5.74, 6) is 1.86. The molecule has 2 fully saturated rings. The first-order valence-electron chi connectivity index (χ1n) is 7.45. The number of nitrogens with one attached hydrogen (secondary N) is 1. The van der Waals surface area contributed by atoms with Gasteiger partial charge in [-0.15, -0.1) is 0 Å². The number of rotatable bonds is 1. The molecule has 5 heteroatoms. The van der Waals surface area contributed by atoms with E-state index < -0.39 is 0 Å². The molecule has 5 nitrogen and oxygen atoms in total. The molecule has 0 saturated carbocycles. The van der Waals surface area contributed by atoms with Gasteiger partial charge in [0.05, 0.1) is 5.39 Å². The number of fused-ring (bicyclic) bond motifs is 1. The van der Waals surface area contributed by atoms with Crippen LogP contribution >= 0.6 is 0 Å². The number of hydrogen-bond donors (Lipinski definition) is 1. The van der Waals surface area contributed by atoms with Gasteiger partial charge in [0.15, 0.2) is 0 Å². The van der Waals surface area contributed by atoms with Crippen molar-refractivity contribution in [3.05, 3.63) is 18.6 Å². The molecule has 106 valence electrons. The summed E-state index contributed by atoms with van der Waals surface area (Å²) in [6.45, 7) is 5.79. The van der Waals surface area contributed by atoms with Gasteiger partial charge in [-0.05, 0) is 31.9 Å². The van der Waals surface area contributed by atoms with Gasteiger partial charge < -0.3 is 9.88 Å². The van der Waals surface area contributed by atoms with Crippen LogP contribution in [-0.4, -0.2) is 52.1 Å². The van der Waals surface area contributed by atoms with Crippen LogP contribution in [0.4, 0.5) is 5.82 Å². The third-order valence-electron chi connectivity index (χ3n) is 5.36. The maximum Gasteiger partial charge on any atom is 0.142 e. The Balaban J connectivity index is 1.70. The normalized spacial score (nSPS) is 30.9. The lowest BCUT2D eigenvalue weighted by atomic mass is 9.70. The summed E-state index contributed by atoms with van der Waals surface area (Å²) in [6, 6.07) is 2.08. The van der Waals surface area contributed by atoms with Crippen LogP contribution in [-0.2, 0) is 0 Å². The third kappa shape index (κ3) is 1.53. The predicted molar refractivity (Wildman–Crippen MR) is 79.9 cm³/mol. The second-order valence-electron chi connectivity index (χ2n) is 6.35. The Bertz CT molecular complexity index is 626. The van der Waals surface area contributed by atoms with Gasteiger partial charge in [0.2, 0.25) is 0 Å². The molecule has 2 aromatic rings. The van der Waals surface area contributed by atoms with E-state index in [4.69, 9.17) is 0 Å². The SMILES string of the molecule is CC1CN(C)C12CCCN(c1ncnc3[nH]ccc13)C2. The molecule has 0 aliphatic carbocycles. The molecule has 2 saturated heterocycles. The standard InChI is InChI=1S/C15H21N5/c1-11-8-19(2)15(11)5-3-7-20(9-15)14-12-4-6-16-13(12)17-10-18-14/h4,6,10-11H,3,5,7-9H2,1-2H3,(H,16,17,18). The van der Waals surface area contributed by atoms with Crippen molar-refractivity contribution >= 4 is 16.9 Å². The van der Waals surface area contributed by atoms with E-state index in [9.17, 15) is 0 Å². The summed E-state index contributed by atoms with van der Waals surface area (Å²) in [4.78, 5) is 17.0. The Morgan fingerprint density at radius 1 is 1.40 bits per heavy atom. The van der Waals surface area contributed by atoms with Crippen LogP contribution in [0, 0.1) is 5.92 Å². The molecule has 0 aromatic carbocycles. The Hall–Kier alpha value is -1.62. The number of likely N-dealkylation sites (N-methyl/N-ethyl adjacent to an activating group) is 1. The smallest absolute Gasteiger partial charge is 0.142 e. The van der Waals surface area contributed by atoms with Crippen molar-refractivity contribution in [1.29, 1.82) is 0 Å². The summed E-state index contributed by atoms with van der Waals surface area (Å²) >= 11 is 0. The quantitative estimate of drug-likeness (QED) is 0.860. The zero-order chi connectivity index (χ0) is 13.7. The van der Waals surface area contributed by atoms with E-state index in [2.05, 4.69) is 44.8 Å². The first-order chi connectivity index (χ1) is 9.71. The van der Waals surface area contributed by atoms with E-state index in [-0.39, 0.29) is 0 Å². The molecular weight excluding hydrogens is 250 g/mol. The van der Waals surface area contributed by atoms with E-state index in [0.717, 1.165) is 35.9 Å². The number of aromatic amines is 1. The lowest BCUT2D eigenvalue weighted by molar-refractivity contribution is -0.0613. The molecule has 0 amide bonds. The lowest BCUT2D eigenvalue weighted by Gasteiger charge is -2.60. The highest BCUT2D eigenvalue weighted by Gasteiger charge is 2.51. The van der Waals surface area contributed by atoms with Crippen LogP contribution in [0.5, 0.6) is 0 Å². The van der Waals surface area contributed by atoms with Gasteiger partial charge in [0.1, 0.15) is 17.8 Å². The Kier molecular flexibility index (Phi) is 2.54. The van der Waals surface area contributed by atoms with Gasteiger partial charge in [-0.25, -0.2) is 9.97 Å². The molecule has 0 radical (unpaired) electrons. The largest absolute Gasteiger partial charge is 0.354 e. The second-order valence-corrected chi connectivity index (χ2v) is 6.35. The molecule has 1 N–H and O–H groups in total. The van der Waals surface area contributed by atoms with Crippen molar-refractivity contribution in [2.75, 3.05) is 31.6 Å². The predicted octanol–water partition coefficient (Wildman–Crippen LogP) is 1.88. The Morgan fingerprint density at radius 2 is 2.30 bits per heavy atom. The number of anilines is 1. The van der Waals surface area contributed by atoms with Crippen molar-refractivity contribution in [3.8, 4) is 0 Å². The number of H-pyrrole nitrogens is 1. The summed E-state index contributed by atoms with van der Waals surface area (Å²) in [7, 11) is 2.26. The number of aromatic nitrogens is 3. The number of likely N-dealkylation sites (tertiary alicyclic amines) is 1. The van der Waals surface area contributed by atoms with Crippen molar-refractivity contribution in [2.24, 2.45) is 5.92 Å². The van der Waals surface area contributed by atoms with Gasteiger partial charge in [-0.2, -0.15) is 0 Å². The summed E-state index contributed by atoms with van der Waals surface area (Å²) in [6.07, 6.45) is 6.16. The van der Waals surface area contributed by atoms with Crippen LogP contribution in [0.3, 0.4) is 0 Å². The van der Waals surface area contributed by atoms with Crippen LogP contribution in [0.1, 0.15) is 19.8 Å². The van der Waals surface area contributed by atoms with Crippen LogP contribution in [0.25, 0.3) is 11.0 Å². The molecule has 20 heavy (non-hydrogen) atoms. The molecular formula is C15H21N5. The first-order valence-corrected chi connectivity index (χ1v) is 7.45. The first kappa shape index (κ1) is 12.1. The fourth-order valence-electron chi connectivity index (χ4n) is 4.10. The molecule has 4 rings (SSSR count). The number of piperidine rings is 1. The maximum absolute atomic E-state index is 4.55. The lowest BCUT2D eigenvalue weighted by Crippen LogP contribution is -2.70. The number of hydrogen-bond acceptors (Lipinski definition) is 4. The molecule has 2 aliphatic heterocycles. The monoisotopic (exact) mass is 271 g/mol. The van der Waals surface area contributed by atoms with Gasteiger partial charge in [0.25, 0.3) is 0 Å². The molecule has 2 unspecified atom stereocenters. The van der Waals surface area contributed by atoms with Crippen molar-refractivity contribution in [3.63, 3.8) is 0 Å². The summed E-state index contributed by atoms with van der Waals surface area (Å²) < 4.78 is 0. The highest BCUT2D eigenvalue weighted by atomic mass is 15.3. The highest BCUT2D eigenvalue weighted by Crippen LogP contribution is 2.43. The molecule has 1 spiro atoms. The van der Waals surface area contributed by atoms with Gasteiger partial charge in [-0.3, -0.25) is 4.90 Å². The average Bonchev–Trinajstić information content (AvgIpc) is 2.96. The topological polar surface area (TPSA) is 48.1 Å². The fourth-order valence-corrected chi connectivity index (χ4v) is 4.10. The van der Waals surface area contributed by atoms with Crippen LogP contribution in [0.2, 0.25) is 0 Å². The van der Waals surface area contributed by atoms with Crippen LogP contribution in [0.15, 0.2) is 18.6 Å². The maximum atomic E-state index is 4.55. The molecule has 4 heterocycles. The minimum atomic E-state index is 0.353. The van der Waals surface area contributed by atoms with Crippen molar-refractivity contribution in [1.82, 2.24) is 19.9 Å². The zero-order valence-electron chi connectivity index (χ0n) is 12.1. The van der Waals surface area contributed by atoms with Gasteiger partial charge in [0, 0.05) is 31.4 Å². The molecule has 2 aromatic heterocycles. The Labute approximate surface area is 119 Å². The van der Waals surface area contributed by atoms with E-state index in [1.807, 2.05) is 6.20 Å². The second kappa shape index (κ2) is 4.19. The van der Waals surface area contributed by atoms with Crippen molar-refractivity contribution in [2.45, 2.75) is 25.3 Å². The third-order valence-corrected chi connectivity index (χ3v) is 5.36. The minimum absolute atomic E-state index is 0.353. The van der Waals surface area contributed by atoms with Crippen molar-refractivity contribution < 1.29 is 0 Å². The van der Waals surface area contributed by atoms with E-state index in [0.29, 0.717) is 5.54 Å². The van der Waals surface area contributed by atoms with Gasteiger partial charge >= 0.3 is 0 Å². The molecule has 2 atom stereocenters. The highest BCUT2D eigenvalue weighted by molar-refractivity contribution is 5.87. The molecule has 0 bridgehead atoms. The van der Waals surface area contributed by atoms with E-state index in [1.165, 1.54) is 19.4 Å². The Morgan fingerprint density at radius 3 is 3.10 bits per heavy atom.